The lowest BCUT2D eigenvalue weighted by atomic mass is 10.1. The normalized spacial score (nSPS) is 18.3. The van der Waals surface area contributed by atoms with Gasteiger partial charge in [0.05, 0.1) is 6.04 Å². The Labute approximate surface area is 242 Å². The van der Waals surface area contributed by atoms with Crippen LogP contribution in [-0.4, -0.2) is 57.9 Å². The van der Waals surface area contributed by atoms with Gasteiger partial charge in [0.15, 0.2) is 0 Å². The first kappa shape index (κ1) is 29.0. The number of amides is 5. The van der Waals surface area contributed by atoms with Crippen LogP contribution in [0.25, 0.3) is 0 Å². The highest BCUT2D eigenvalue weighted by molar-refractivity contribution is 8.03. The van der Waals surface area contributed by atoms with Gasteiger partial charge in [0.25, 0.3) is 0 Å². The van der Waals surface area contributed by atoms with Gasteiger partial charge in [-0.25, -0.2) is 4.79 Å². The Hall–Kier alpha value is -3.01. The summed E-state index contributed by atoms with van der Waals surface area (Å²) in [4.78, 5) is 53.9. The van der Waals surface area contributed by atoms with Gasteiger partial charge in [0, 0.05) is 36.1 Å². The van der Waals surface area contributed by atoms with E-state index in [1.165, 1.54) is 21.6 Å². The zero-order chi connectivity index (χ0) is 27.8. The van der Waals surface area contributed by atoms with Crippen LogP contribution in [0.3, 0.4) is 0 Å². The molecule has 2 heterocycles. The lowest BCUT2D eigenvalue weighted by Gasteiger charge is -2.41. The molecular weight excluding hydrogens is 559 g/mol. The molecule has 5 amide bonds. The Morgan fingerprint density at radius 2 is 1.46 bits per heavy atom. The van der Waals surface area contributed by atoms with Crippen LogP contribution >= 0.6 is 35.0 Å². The SMILES string of the molecule is O=C(CCCCCN1C(=O)C2SC=CC2N(CC(=O)NCc2ccccc2Cl)C1=O)NCc1ccccc1Cl. The third-order valence-electron chi connectivity index (χ3n) is 6.62. The molecule has 4 rings (SSSR count). The number of rotatable bonds is 12. The number of carbonyl (C=O) groups excluding carboxylic acids is 4. The summed E-state index contributed by atoms with van der Waals surface area (Å²) in [6.07, 6.45) is 4.01. The quantitative estimate of drug-likeness (QED) is 0.349. The first-order chi connectivity index (χ1) is 18.8. The number of urea groups is 1. The summed E-state index contributed by atoms with van der Waals surface area (Å²) < 4.78 is 0. The summed E-state index contributed by atoms with van der Waals surface area (Å²) in [5.74, 6) is -0.653. The summed E-state index contributed by atoms with van der Waals surface area (Å²) in [5, 5.41) is 8.18. The zero-order valence-corrected chi connectivity index (χ0v) is 23.6. The highest BCUT2D eigenvalue weighted by Crippen LogP contribution is 2.34. The predicted molar refractivity (Wildman–Crippen MR) is 153 cm³/mol. The molecule has 1 saturated heterocycles. The summed E-state index contributed by atoms with van der Waals surface area (Å²) >= 11 is 13.6. The second kappa shape index (κ2) is 13.9. The standard InChI is InChI=1S/C28H30Cl2N4O4S/c29-21-10-5-3-8-19(21)16-31-24(35)12-2-1-7-14-33-27(37)26-23(13-15-39-26)34(28(33)38)18-25(36)32-17-20-9-4-6-11-22(20)30/h3-6,8-11,13,15,23,26H,1-2,7,12,14,16-18H2,(H,31,35)(H,32,36). The second-order valence-electron chi connectivity index (χ2n) is 9.32. The molecule has 2 aromatic carbocycles. The highest BCUT2D eigenvalue weighted by Gasteiger charge is 2.47. The molecule has 2 N–H and O–H groups in total. The van der Waals surface area contributed by atoms with E-state index in [1.807, 2.05) is 36.4 Å². The van der Waals surface area contributed by atoms with Crippen molar-refractivity contribution in [2.45, 2.75) is 50.1 Å². The Bertz CT molecular complexity index is 1260. The Balaban J connectivity index is 1.23. The molecule has 0 aromatic heterocycles. The van der Waals surface area contributed by atoms with Crippen LogP contribution in [0.4, 0.5) is 4.79 Å². The number of benzene rings is 2. The highest BCUT2D eigenvalue weighted by atomic mass is 35.5. The largest absolute Gasteiger partial charge is 0.352 e. The molecule has 0 radical (unpaired) electrons. The van der Waals surface area contributed by atoms with Crippen molar-refractivity contribution in [3.05, 3.63) is 81.2 Å². The Kier molecular flexibility index (Phi) is 10.3. The molecule has 2 unspecified atom stereocenters. The summed E-state index contributed by atoms with van der Waals surface area (Å²) in [6.45, 7) is 0.685. The fourth-order valence-corrected chi connectivity index (χ4v) is 5.94. The van der Waals surface area contributed by atoms with E-state index >= 15 is 0 Å². The molecule has 11 heteroatoms. The summed E-state index contributed by atoms with van der Waals surface area (Å²) in [5.41, 5.74) is 1.63. The van der Waals surface area contributed by atoms with Gasteiger partial charge in [0.2, 0.25) is 17.7 Å². The van der Waals surface area contributed by atoms with Crippen LogP contribution in [0.2, 0.25) is 10.0 Å². The van der Waals surface area contributed by atoms with E-state index in [9.17, 15) is 19.2 Å². The van der Waals surface area contributed by atoms with E-state index < -0.39 is 17.3 Å². The smallest absolute Gasteiger partial charge is 0.327 e. The van der Waals surface area contributed by atoms with Gasteiger partial charge in [-0.3, -0.25) is 19.3 Å². The lowest BCUT2D eigenvalue weighted by Crippen LogP contribution is -2.63. The van der Waals surface area contributed by atoms with Gasteiger partial charge >= 0.3 is 6.03 Å². The van der Waals surface area contributed by atoms with Crippen LogP contribution < -0.4 is 10.6 Å². The minimum atomic E-state index is -0.473. The van der Waals surface area contributed by atoms with E-state index in [0.29, 0.717) is 42.3 Å². The van der Waals surface area contributed by atoms with Crippen LogP contribution in [0, 0.1) is 0 Å². The van der Waals surface area contributed by atoms with Crippen molar-refractivity contribution in [1.82, 2.24) is 20.4 Å². The number of hydrogen-bond donors (Lipinski definition) is 2. The molecule has 2 aromatic rings. The molecule has 2 atom stereocenters. The fourth-order valence-electron chi connectivity index (χ4n) is 4.48. The van der Waals surface area contributed by atoms with Gasteiger partial charge in [0.1, 0.15) is 11.8 Å². The van der Waals surface area contributed by atoms with Crippen molar-refractivity contribution in [1.29, 1.82) is 0 Å². The molecule has 206 valence electrons. The van der Waals surface area contributed by atoms with E-state index in [0.717, 1.165) is 11.1 Å². The molecule has 39 heavy (non-hydrogen) atoms. The number of fused-ring (bicyclic) bond motifs is 1. The van der Waals surface area contributed by atoms with Crippen LogP contribution in [0.1, 0.15) is 36.8 Å². The monoisotopic (exact) mass is 588 g/mol. The average Bonchev–Trinajstić information content (AvgIpc) is 3.42. The first-order valence-electron chi connectivity index (χ1n) is 12.8. The Morgan fingerprint density at radius 3 is 2.10 bits per heavy atom. The van der Waals surface area contributed by atoms with Gasteiger partial charge in [-0.15, -0.1) is 11.8 Å². The fraction of sp³-hybridized carbons (Fsp3) is 0.357. The third kappa shape index (κ3) is 7.56. The molecule has 8 nitrogen and oxygen atoms in total. The molecule has 0 bridgehead atoms. The van der Waals surface area contributed by atoms with Crippen molar-refractivity contribution in [3.63, 3.8) is 0 Å². The maximum absolute atomic E-state index is 13.3. The van der Waals surface area contributed by atoms with Crippen molar-refractivity contribution in [2.24, 2.45) is 0 Å². The number of hydrogen-bond acceptors (Lipinski definition) is 5. The van der Waals surface area contributed by atoms with Crippen LogP contribution in [-0.2, 0) is 27.5 Å². The number of halogens is 2. The van der Waals surface area contributed by atoms with E-state index in [2.05, 4.69) is 10.6 Å². The molecule has 1 fully saturated rings. The van der Waals surface area contributed by atoms with Gasteiger partial charge in [-0.05, 0) is 41.5 Å². The third-order valence-corrected chi connectivity index (χ3v) is 8.45. The van der Waals surface area contributed by atoms with Gasteiger partial charge in [-0.1, -0.05) is 72.1 Å². The summed E-state index contributed by atoms with van der Waals surface area (Å²) in [7, 11) is 0. The first-order valence-corrected chi connectivity index (χ1v) is 14.5. The van der Waals surface area contributed by atoms with Crippen molar-refractivity contribution in [2.75, 3.05) is 13.1 Å². The molecule has 0 spiro atoms. The maximum Gasteiger partial charge on any atom is 0.327 e. The van der Waals surface area contributed by atoms with Gasteiger partial charge < -0.3 is 15.5 Å². The van der Waals surface area contributed by atoms with E-state index in [4.69, 9.17) is 23.2 Å². The average molecular weight is 590 g/mol. The number of nitrogens with zero attached hydrogens (tertiary/aromatic N) is 2. The van der Waals surface area contributed by atoms with E-state index in [-0.39, 0.29) is 37.4 Å². The minimum Gasteiger partial charge on any atom is -0.352 e. The van der Waals surface area contributed by atoms with Crippen LogP contribution in [0.5, 0.6) is 0 Å². The number of nitrogens with one attached hydrogen (secondary N) is 2. The number of thioether (sulfide) groups is 1. The molecule has 2 aliphatic heterocycles. The zero-order valence-electron chi connectivity index (χ0n) is 21.3. The molecular formula is C28H30Cl2N4O4S. The number of carbonyl (C=O) groups is 4. The summed E-state index contributed by atoms with van der Waals surface area (Å²) in [6, 6.07) is 13.6. The molecule has 0 saturated carbocycles. The Morgan fingerprint density at radius 1 is 0.846 bits per heavy atom. The maximum atomic E-state index is 13.3. The van der Waals surface area contributed by atoms with Crippen LogP contribution in [0.15, 0.2) is 60.0 Å². The second-order valence-corrected chi connectivity index (χ2v) is 11.2. The van der Waals surface area contributed by atoms with E-state index in [1.54, 1.807) is 23.6 Å². The predicted octanol–water partition coefficient (Wildman–Crippen LogP) is 4.75. The van der Waals surface area contributed by atoms with Gasteiger partial charge in [-0.2, -0.15) is 0 Å². The minimum absolute atomic E-state index is 0.0784. The molecule has 0 aliphatic carbocycles. The number of unbranched alkanes of at least 4 members (excludes halogenated alkanes) is 2. The van der Waals surface area contributed by atoms with Crippen molar-refractivity contribution in [3.8, 4) is 0 Å². The van der Waals surface area contributed by atoms with Crippen molar-refractivity contribution >= 4 is 58.7 Å². The topological polar surface area (TPSA) is 98.8 Å². The lowest BCUT2D eigenvalue weighted by molar-refractivity contribution is -0.133. The van der Waals surface area contributed by atoms with Crippen molar-refractivity contribution < 1.29 is 19.2 Å². The number of imide groups is 1. The molecule has 2 aliphatic rings.